The molecule has 0 bridgehead atoms. The Balaban J connectivity index is 2.40. The molecular weight excluding hydrogens is 206 g/mol. The average molecular weight is 227 g/mol. The average Bonchev–Trinajstić information content (AvgIpc) is 2.27. The molecule has 1 amide bonds. The lowest BCUT2D eigenvalue weighted by molar-refractivity contribution is -0.128. The van der Waals surface area contributed by atoms with Gasteiger partial charge in [-0.05, 0) is 38.1 Å². The van der Waals surface area contributed by atoms with E-state index >= 15 is 0 Å². The van der Waals surface area contributed by atoms with Gasteiger partial charge in [0.2, 0.25) is 5.91 Å². The van der Waals surface area contributed by atoms with E-state index in [1.165, 1.54) is 0 Å². The van der Waals surface area contributed by atoms with E-state index in [9.17, 15) is 9.59 Å². The summed E-state index contributed by atoms with van der Waals surface area (Å²) >= 11 is 0. The number of carbonyl (C=O) groups excluding carboxylic acids is 2. The minimum atomic E-state index is -0.725. The Labute approximate surface area is 95.7 Å². The van der Waals surface area contributed by atoms with Crippen molar-refractivity contribution in [3.63, 3.8) is 0 Å². The van der Waals surface area contributed by atoms with Crippen LogP contribution in [0.5, 0.6) is 0 Å². The van der Waals surface area contributed by atoms with Crippen molar-refractivity contribution in [2.45, 2.75) is 38.1 Å². The molecule has 1 saturated carbocycles. The quantitative estimate of drug-likeness (QED) is 0.589. The van der Waals surface area contributed by atoms with Crippen LogP contribution in [0.1, 0.15) is 32.1 Å². The number of primary amides is 1. The van der Waals surface area contributed by atoms with Crippen LogP contribution in [0.3, 0.4) is 0 Å². The van der Waals surface area contributed by atoms with Gasteiger partial charge < -0.3 is 17.2 Å². The molecule has 1 aliphatic rings. The minimum absolute atomic E-state index is 0.00264. The molecule has 0 unspecified atom stereocenters. The number of amides is 1. The highest BCUT2D eigenvalue weighted by Gasteiger charge is 2.29. The van der Waals surface area contributed by atoms with Crippen molar-refractivity contribution < 1.29 is 9.59 Å². The number of ketones is 1. The summed E-state index contributed by atoms with van der Waals surface area (Å²) in [5.74, 6) is -0.000620. The van der Waals surface area contributed by atoms with E-state index < -0.39 is 11.9 Å². The molecule has 0 radical (unpaired) electrons. The zero-order valence-corrected chi connectivity index (χ0v) is 9.52. The maximum atomic E-state index is 11.9. The van der Waals surface area contributed by atoms with Crippen molar-refractivity contribution >= 4 is 11.7 Å². The van der Waals surface area contributed by atoms with E-state index in [1.54, 1.807) is 0 Å². The first kappa shape index (κ1) is 13.1. The first-order valence-electron chi connectivity index (χ1n) is 5.82. The number of hydrogen-bond acceptors (Lipinski definition) is 4. The van der Waals surface area contributed by atoms with E-state index in [-0.39, 0.29) is 18.1 Å². The molecule has 0 aromatic heterocycles. The fourth-order valence-corrected chi connectivity index (χ4v) is 2.30. The molecule has 5 heteroatoms. The monoisotopic (exact) mass is 227 g/mol. The van der Waals surface area contributed by atoms with Crippen molar-refractivity contribution in [3.05, 3.63) is 0 Å². The zero-order valence-electron chi connectivity index (χ0n) is 9.52. The van der Waals surface area contributed by atoms with Crippen molar-refractivity contribution in [2.75, 3.05) is 6.54 Å². The van der Waals surface area contributed by atoms with Crippen molar-refractivity contribution in [1.82, 2.24) is 0 Å². The van der Waals surface area contributed by atoms with Gasteiger partial charge in [-0.25, -0.2) is 0 Å². The van der Waals surface area contributed by atoms with Crippen LogP contribution < -0.4 is 17.2 Å². The van der Waals surface area contributed by atoms with Crippen LogP contribution in [0.2, 0.25) is 0 Å². The molecule has 5 nitrogen and oxygen atoms in total. The summed E-state index contributed by atoms with van der Waals surface area (Å²) in [6, 6.07) is -0.725. The fraction of sp³-hybridized carbons (Fsp3) is 0.818. The van der Waals surface area contributed by atoms with Crippen LogP contribution in [-0.4, -0.2) is 24.3 Å². The van der Waals surface area contributed by atoms with E-state index in [1.807, 2.05) is 0 Å². The van der Waals surface area contributed by atoms with Gasteiger partial charge in [0.1, 0.15) is 0 Å². The number of hydrogen-bond donors (Lipinski definition) is 3. The number of carbonyl (C=O) groups is 2. The summed E-state index contributed by atoms with van der Waals surface area (Å²) in [6.07, 6.45) is 3.60. The maximum Gasteiger partial charge on any atom is 0.219 e. The third kappa shape index (κ3) is 3.57. The van der Waals surface area contributed by atoms with E-state index in [0.29, 0.717) is 12.5 Å². The second-order valence-electron chi connectivity index (χ2n) is 4.63. The molecule has 0 heterocycles. The normalized spacial score (nSPS) is 27.4. The lowest BCUT2D eigenvalue weighted by Crippen LogP contribution is -2.40. The molecule has 1 fully saturated rings. The Morgan fingerprint density at radius 1 is 1.19 bits per heavy atom. The molecular formula is C11H21N3O2. The molecule has 92 valence electrons. The van der Waals surface area contributed by atoms with Crippen LogP contribution in [-0.2, 0) is 9.59 Å². The topological polar surface area (TPSA) is 112 Å². The predicted octanol–water partition coefficient (Wildman–Crippen LogP) is -0.477. The molecule has 16 heavy (non-hydrogen) atoms. The lowest BCUT2D eigenvalue weighted by Gasteiger charge is -2.28. The smallest absolute Gasteiger partial charge is 0.219 e. The summed E-state index contributed by atoms with van der Waals surface area (Å²) in [5, 5.41) is 0. The van der Waals surface area contributed by atoms with Gasteiger partial charge in [0.15, 0.2) is 5.78 Å². The van der Waals surface area contributed by atoms with Crippen molar-refractivity contribution in [2.24, 2.45) is 29.0 Å². The standard InChI is InChI=1S/C11H21N3O2/c12-6-7-1-3-8(4-2-7)11(16)9(13)5-10(14)15/h7-9H,1-6,12-13H2,(H2,14,15)/t7?,8?,9-/m0/s1. The van der Waals surface area contributed by atoms with Crippen LogP contribution in [0, 0.1) is 11.8 Å². The van der Waals surface area contributed by atoms with Crippen LogP contribution in [0.25, 0.3) is 0 Å². The SMILES string of the molecule is NCC1CCC(C(=O)[C@@H](N)CC(N)=O)CC1. The van der Waals surface area contributed by atoms with Gasteiger partial charge in [0.05, 0.1) is 6.04 Å². The summed E-state index contributed by atoms with van der Waals surface area (Å²) < 4.78 is 0. The highest BCUT2D eigenvalue weighted by Crippen LogP contribution is 2.29. The Kier molecular flexibility index (Phi) is 4.89. The molecule has 6 N–H and O–H groups in total. The Morgan fingerprint density at radius 2 is 1.75 bits per heavy atom. The fourth-order valence-electron chi connectivity index (χ4n) is 2.30. The van der Waals surface area contributed by atoms with Gasteiger partial charge in [-0.2, -0.15) is 0 Å². The molecule has 1 aliphatic carbocycles. The van der Waals surface area contributed by atoms with E-state index in [2.05, 4.69) is 0 Å². The number of Topliss-reactive ketones (excluding diaryl/α,β-unsaturated/α-hetero) is 1. The van der Waals surface area contributed by atoms with Gasteiger partial charge in [-0.1, -0.05) is 0 Å². The van der Waals surface area contributed by atoms with Crippen LogP contribution in [0.15, 0.2) is 0 Å². The minimum Gasteiger partial charge on any atom is -0.370 e. The van der Waals surface area contributed by atoms with Crippen LogP contribution >= 0.6 is 0 Å². The third-order valence-corrected chi connectivity index (χ3v) is 3.37. The van der Waals surface area contributed by atoms with Gasteiger partial charge in [-0.3, -0.25) is 9.59 Å². The van der Waals surface area contributed by atoms with Gasteiger partial charge in [-0.15, -0.1) is 0 Å². The molecule has 0 saturated heterocycles. The lowest BCUT2D eigenvalue weighted by atomic mass is 9.78. The first-order chi connectivity index (χ1) is 7.54. The Hall–Kier alpha value is -0.940. The predicted molar refractivity (Wildman–Crippen MR) is 61.3 cm³/mol. The second-order valence-corrected chi connectivity index (χ2v) is 4.63. The first-order valence-corrected chi connectivity index (χ1v) is 5.82. The molecule has 0 aliphatic heterocycles. The molecule has 0 aromatic carbocycles. The molecule has 0 aromatic rings. The van der Waals surface area contributed by atoms with Crippen LogP contribution in [0.4, 0.5) is 0 Å². The van der Waals surface area contributed by atoms with Crippen molar-refractivity contribution in [3.8, 4) is 0 Å². The van der Waals surface area contributed by atoms with Gasteiger partial charge in [0, 0.05) is 12.3 Å². The Morgan fingerprint density at radius 3 is 2.19 bits per heavy atom. The summed E-state index contributed by atoms with van der Waals surface area (Å²) in [7, 11) is 0. The number of nitrogens with two attached hydrogens (primary N) is 3. The highest BCUT2D eigenvalue weighted by molar-refractivity contribution is 5.90. The highest BCUT2D eigenvalue weighted by atomic mass is 16.1. The molecule has 1 atom stereocenters. The maximum absolute atomic E-state index is 11.9. The Bertz CT molecular complexity index is 260. The second kappa shape index (κ2) is 5.96. The summed E-state index contributed by atoms with van der Waals surface area (Å²) in [4.78, 5) is 22.5. The molecule has 1 rings (SSSR count). The third-order valence-electron chi connectivity index (χ3n) is 3.37. The summed E-state index contributed by atoms with van der Waals surface area (Å²) in [6.45, 7) is 0.689. The summed E-state index contributed by atoms with van der Waals surface area (Å²) in [5.41, 5.74) is 16.2. The van der Waals surface area contributed by atoms with Gasteiger partial charge >= 0.3 is 0 Å². The largest absolute Gasteiger partial charge is 0.370 e. The van der Waals surface area contributed by atoms with Crippen molar-refractivity contribution in [1.29, 1.82) is 0 Å². The zero-order chi connectivity index (χ0) is 12.1. The van der Waals surface area contributed by atoms with E-state index in [4.69, 9.17) is 17.2 Å². The van der Waals surface area contributed by atoms with Gasteiger partial charge in [0.25, 0.3) is 0 Å². The number of rotatable bonds is 5. The molecule has 0 spiro atoms. The van der Waals surface area contributed by atoms with E-state index in [0.717, 1.165) is 25.7 Å².